The Hall–Kier alpha value is -4.62. The van der Waals surface area contributed by atoms with E-state index in [0.717, 1.165) is 87.2 Å². The van der Waals surface area contributed by atoms with E-state index in [1.54, 1.807) is 6.07 Å². The van der Waals surface area contributed by atoms with Gasteiger partial charge in [-0.25, -0.2) is 4.98 Å². The molecule has 4 N–H and O–H groups in total. The number of rotatable bonds is 14. The quantitative estimate of drug-likeness (QED) is 0.191. The summed E-state index contributed by atoms with van der Waals surface area (Å²) in [5.74, 6) is 4.12. The maximum atomic E-state index is 10.5. The summed E-state index contributed by atoms with van der Waals surface area (Å²) in [5.41, 5.74) is 10.4. The first-order valence-electron chi connectivity index (χ1n) is 18.9. The van der Waals surface area contributed by atoms with E-state index in [2.05, 4.69) is 91.8 Å². The molecule has 3 aromatic rings. The zero-order chi connectivity index (χ0) is 36.2. The number of likely N-dealkylation sites (tertiary alicyclic amines) is 1. The molecule has 0 aliphatic carbocycles. The normalized spacial score (nSPS) is 23.0. The van der Waals surface area contributed by atoms with Gasteiger partial charge >= 0.3 is 0 Å². The van der Waals surface area contributed by atoms with E-state index < -0.39 is 0 Å². The number of hydrogen-bond donors (Lipinski definition) is 4. The van der Waals surface area contributed by atoms with Gasteiger partial charge < -0.3 is 34.2 Å². The Bertz CT molecular complexity index is 1710. The van der Waals surface area contributed by atoms with Crippen molar-refractivity contribution in [1.82, 2.24) is 41.0 Å². The van der Waals surface area contributed by atoms with Crippen molar-refractivity contribution in [3.8, 4) is 17.5 Å². The van der Waals surface area contributed by atoms with Crippen molar-refractivity contribution in [2.24, 2.45) is 5.92 Å². The van der Waals surface area contributed by atoms with Gasteiger partial charge in [0, 0.05) is 106 Å². The van der Waals surface area contributed by atoms with Gasteiger partial charge in [-0.2, -0.15) is 0 Å². The summed E-state index contributed by atoms with van der Waals surface area (Å²) in [5, 5.41) is 17.9. The Kier molecular flexibility index (Phi) is 11.0. The number of anilines is 1. The van der Waals surface area contributed by atoms with Gasteiger partial charge in [0.2, 0.25) is 5.88 Å². The molecule has 280 valence electrons. The minimum absolute atomic E-state index is 0.250. The van der Waals surface area contributed by atoms with Crippen LogP contribution in [0, 0.1) is 5.92 Å². The Morgan fingerprint density at radius 1 is 0.962 bits per heavy atom. The van der Waals surface area contributed by atoms with E-state index in [1.807, 2.05) is 37.5 Å². The lowest BCUT2D eigenvalue weighted by atomic mass is 9.96. The highest BCUT2D eigenvalue weighted by atomic mass is 16.5. The molecular formula is C39H55N9O4. The van der Waals surface area contributed by atoms with Crippen LogP contribution in [0.2, 0.25) is 0 Å². The van der Waals surface area contributed by atoms with Gasteiger partial charge in [-0.05, 0) is 55.1 Å². The second-order valence-corrected chi connectivity index (χ2v) is 14.9. The zero-order valence-electron chi connectivity index (χ0n) is 31.2. The fourth-order valence-electron chi connectivity index (χ4n) is 7.92. The maximum absolute atomic E-state index is 10.5. The van der Waals surface area contributed by atoms with Crippen molar-refractivity contribution in [2.75, 3.05) is 71.0 Å². The summed E-state index contributed by atoms with van der Waals surface area (Å²) >= 11 is 0. The second-order valence-electron chi connectivity index (χ2n) is 14.9. The third-order valence-electron chi connectivity index (χ3n) is 11.2. The van der Waals surface area contributed by atoms with Crippen molar-refractivity contribution < 1.29 is 19.1 Å². The molecule has 0 spiro atoms. The summed E-state index contributed by atoms with van der Waals surface area (Å²) in [6.07, 6.45) is 6.28. The molecule has 13 nitrogen and oxygen atoms in total. The number of aromatic nitrogens is 2. The van der Waals surface area contributed by atoms with Crippen LogP contribution < -0.4 is 30.5 Å². The molecule has 0 radical (unpaired) electrons. The van der Waals surface area contributed by atoms with Gasteiger partial charge in [-0.3, -0.25) is 20.7 Å². The molecular weight excluding hydrogens is 658 g/mol. The van der Waals surface area contributed by atoms with Crippen LogP contribution in [0.4, 0.5) is 5.69 Å². The highest BCUT2D eigenvalue weighted by molar-refractivity contribution is 5.72. The number of allylic oxidation sites excluding steroid dienone is 1. The summed E-state index contributed by atoms with van der Waals surface area (Å²) in [7, 11) is 1.93. The van der Waals surface area contributed by atoms with Gasteiger partial charge in [-0.1, -0.05) is 32.9 Å². The highest BCUT2D eigenvalue weighted by Gasteiger charge is 2.41. The van der Waals surface area contributed by atoms with Gasteiger partial charge in [0.15, 0.2) is 0 Å². The topological polar surface area (TPSA) is 127 Å². The Balaban J connectivity index is 0.886. The molecule has 1 aromatic carbocycles. The molecule has 3 fully saturated rings. The van der Waals surface area contributed by atoms with Crippen LogP contribution in [-0.4, -0.2) is 114 Å². The highest BCUT2D eigenvalue weighted by Crippen LogP contribution is 2.38. The molecule has 0 amide bonds. The minimum Gasteiger partial charge on any atom is -0.507 e. The number of hydrogen-bond acceptors (Lipinski definition) is 13. The van der Waals surface area contributed by atoms with Crippen molar-refractivity contribution in [2.45, 2.75) is 64.6 Å². The lowest BCUT2D eigenvalue weighted by molar-refractivity contribution is 0.0629. The Morgan fingerprint density at radius 2 is 1.73 bits per heavy atom. The number of nitrogens with one attached hydrogen (secondary N) is 3. The average molecular weight is 714 g/mol. The standard InChI is InChI=1S/C39H55N9O4/c1-26(2)28(4)36-22-38(44-52-36)51-18-16-45-14-15-46(27(3)23-45)17-19-50-37-20-29(12-13-41-37)48-30-10-11-31(48)25-47(24-30)34-21-33(42-43-39(34)40-5)32-8-6-7-9-35(32)49/h6-9,12-13,20-22,26-28,30-31,40,42-43,49H,10-11,14-19,23-25H2,1-5H3. The molecule has 0 saturated carbocycles. The molecule has 7 rings (SSSR count). The first kappa shape index (κ1) is 35.8. The van der Waals surface area contributed by atoms with Crippen LogP contribution in [0.5, 0.6) is 17.5 Å². The number of fused-ring (bicyclic) bond motifs is 2. The maximum Gasteiger partial charge on any atom is 0.254 e. The molecule has 3 saturated heterocycles. The molecule has 6 heterocycles. The van der Waals surface area contributed by atoms with E-state index in [1.165, 1.54) is 5.69 Å². The summed E-state index contributed by atoms with van der Waals surface area (Å²) in [4.78, 5) is 14.6. The number of hydrazine groups is 1. The van der Waals surface area contributed by atoms with Crippen LogP contribution in [0.3, 0.4) is 0 Å². The molecule has 4 aliphatic rings. The summed E-state index contributed by atoms with van der Waals surface area (Å²) in [6.45, 7) is 16.5. The molecule has 2 aromatic heterocycles. The van der Waals surface area contributed by atoms with Gasteiger partial charge in [0.1, 0.15) is 30.5 Å². The predicted molar refractivity (Wildman–Crippen MR) is 202 cm³/mol. The van der Waals surface area contributed by atoms with Crippen molar-refractivity contribution in [3.05, 3.63) is 77.6 Å². The van der Waals surface area contributed by atoms with Gasteiger partial charge in [0.25, 0.3) is 5.88 Å². The molecule has 4 unspecified atom stereocenters. The molecule has 52 heavy (non-hydrogen) atoms. The van der Waals surface area contributed by atoms with Crippen molar-refractivity contribution in [3.63, 3.8) is 0 Å². The number of ether oxygens (including phenoxy) is 2. The van der Waals surface area contributed by atoms with Crippen LogP contribution >= 0.6 is 0 Å². The van der Waals surface area contributed by atoms with Crippen LogP contribution in [0.15, 0.2) is 70.8 Å². The van der Waals surface area contributed by atoms with E-state index >= 15 is 0 Å². The number of benzene rings is 1. The Labute approximate surface area is 307 Å². The number of phenolic OH excluding ortho intramolecular Hbond substituents is 1. The number of nitrogens with zero attached hydrogens (tertiary/aromatic N) is 6. The van der Waals surface area contributed by atoms with Gasteiger partial charge in [0.05, 0.1) is 11.4 Å². The Morgan fingerprint density at radius 3 is 2.48 bits per heavy atom. The fourth-order valence-corrected chi connectivity index (χ4v) is 7.92. The third-order valence-corrected chi connectivity index (χ3v) is 11.2. The molecule has 2 bridgehead atoms. The van der Waals surface area contributed by atoms with Crippen molar-refractivity contribution in [1.29, 1.82) is 0 Å². The van der Waals surface area contributed by atoms with Crippen molar-refractivity contribution >= 4 is 11.4 Å². The minimum atomic E-state index is 0.250. The van der Waals surface area contributed by atoms with E-state index in [4.69, 9.17) is 14.0 Å². The number of aromatic hydroxyl groups is 1. The van der Waals surface area contributed by atoms with Crippen LogP contribution in [-0.2, 0) is 0 Å². The number of piperazine rings is 2. The van der Waals surface area contributed by atoms with E-state index in [-0.39, 0.29) is 5.75 Å². The summed E-state index contributed by atoms with van der Waals surface area (Å²) < 4.78 is 17.7. The predicted octanol–water partition coefficient (Wildman–Crippen LogP) is 4.19. The lowest BCUT2D eigenvalue weighted by Crippen LogP contribution is -2.55. The SMILES string of the molecule is CNC1=C(N2CC3CCC(C2)N3c2ccnc(OCCN3CCN(CCOc4cc(C(C)C(C)C)on4)CC3C)c2)C=C(c2ccccc2O)NN1. The molecule has 4 atom stereocenters. The van der Waals surface area contributed by atoms with E-state index in [9.17, 15) is 5.11 Å². The second kappa shape index (κ2) is 16.0. The average Bonchev–Trinajstić information content (AvgIpc) is 3.73. The number of phenols is 1. The largest absolute Gasteiger partial charge is 0.507 e. The smallest absolute Gasteiger partial charge is 0.254 e. The third kappa shape index (κ3) is 7.90. The lowest BCUT2D eigenvalue weighted by Gasteiger charge is -2.45. The summed E-state index contributed by atoms with van der Waals surface area (Å²) in [6, 6.07) is 14.7. The first-order valence-corrected chi connectivity index (χ1v) is 18.9. The van der Waals surface area contributed by atoms with Crippen LogP contribution in [0.1, 0.15) is 57.8 Å². The van der Waals surface area contributed by atoms with Crippen LogP contribution in [0.25, 0.3) is 5.70 Å². The fraction of sp³-hybridized carbons (Fsp3) is 0.538. The molecule has 4 aliphatic heterocycles. The number of pyridine rings is 1. The zero-order valence-corrected chi connectivity index (χ0v) is 31.2. The first-order chi connectivity index (χ1) is 25.3. The molecule has 13 heteroatoms. The van der Waals surface area contributed by atoms with E-state index in [0.29, 0.717) is 54.9 Å². The van der Waals surface area contributed by atoms with Gasteiger partial charge in [-0.15, -0.1) is 0 Å². The number of para-hydroxylation sites is 1. The monoisotopic (exact) mass is 713 g/mol.